The number of aliphatic hydroxyl groups excluding tert-OH is 1. The van der Waals surface area contributed by atoms with E-state index in [-0.39, 0.29) is 25.7 Å². The minimum Gasteiger partial charge on any atom is -0.390 e. The Labute approximate surface area is 217 Å². The minimum absolute atomic E-state index is 0.0784. The summed E-state index contributed by atoms with van der Waals surface area (Å²) >= 11 is 6.68. The highest BCUT2D eigenvalue weighted by atomic mass is 35.5. The molecule has 1 aliphatic heterocycles. The van der Waals surface area contributed by atoms with Crippen LogP contribution < -0.4 is 0 Å². The molecule has 3 aromatic carbocycles. The van der Waals surface area contributed by atoms with Gasteiger partial charge in [0.1, 0.15) is 22.9 Å². The molecular formula is C30H33ClO5. The standard InChI is InChI=1S/C30H33ClO5/c1-2-18-30(35)28(33,20-23-14-8-4-9-15-23)26(25(32)19-22-12-6-3-7-13-22)36-27(31)29(30,34)21-24-16-10-5-11-17-24/h2-17,25-27,32-35H,1,18-21H2/t25?,26-,27+,28+,29+,30+/m1/s1. The van der Waals surface area contributed by atoms with Crippen molar-refractivity contribution in [1.82, 2.24) is 0 Å². The first-order valence-electron chi connectivity index (χ1n) is 12.1. The smallest absolute Gasteiger partial charge is 0.163 e. The summed E-state index contributed by atoms with van der Waals surface area (Å²) in [4.78, 5) is 0. The van der Waals surface area contributed by atoms with Gasteiger partial charge in [-0.1, -0.05) is 109 Å². The molecule has 0 saturated carbocycles. The summed E-state index contributed by atoms with van der Waals surface area (Å²) in [5.41, 5.74) is -5.60. The highest BCUT2D eigenvalue weighted by Gasteiger charge is 2.71. The number of benzene rings is 3. The molecule has 0 spiro atoms. The lowest BCUT2D eigenvalue weighted by molar-refractivity contribution is -0.350. The summed E-state index contributed by atoms with van der Waals surface area (Å²) in [6, 6.07) is 27.6. The Kier molecular flexibility index (Phi) is 8.00. The van der Waals surface area contributed by atoms with Gasteiger partial charge in [-0.05, 0) is 23.1 Å². The van der Waals surface area contributed by atoms with Crippen LogP contribution in [0.2, 0.25) is 0 Å². The van der Waals surface area contributed by atoms with Crippen molar-refractivity contribution in [3.8, 4) is 0 Å². The van der Waals surface area contributed by atoms with Crippen LogP contribution in [-0.2, 0) is 24.0 Å². The van der Waals surface area contributed by atoms with Gasteiger partial charge in [-0.15, -0.1) is 6.58 Å². The lowest BCUT2D eigenvalue weighted by Gasteiger charge is -2.61. The average Bonchev–Trinajstić information content (AvgIpc) is 2.88. The van der Waals surface area contributed by atoms with Gasteiger partial charge in [0.2, 0.25) is 0 Å². The van der Waals surface area contributed by atoms with Gasteiger partial charge in [-0.25, -0.2) is 0 Å². The predicted molar refractivity (Wildman–Crippen MR) is 141 cm³/mol. The first-order chi connectivity index (χ1) is 17.2. The third kappa shape index (κ3) is 4.88. The summed E-state index contributed by atoms with van der Waals surface area (Å²) in [7, 11) is 0. The Morgan fingerprint density at radius 1 is 0.778 bits per heavy atom. The SMILES string of the molecule is C=CC[C@]1(O)[C@](O)(Cc2ccccc2)[C@@H](C(O)Cc2ccccc2)O[C@H](Cl)[C@@]1(O)Cc1ccccc1. The van der Waals surface area contributed by atoms with Gasteiger partial charge in [0, 0.05) is 19.3 Å². The van der Waals surface area contributed by atoms with E-state index in [1.54, 1.807) is 0 Å². The molecule has 1 fully saturated rings. The summed E-state index contributed by atoms with van der Waals surface area (Å²) in [6.45, 7) is 3.78. The third-order valence-corrected chi connectivity index (χ3v) is 7.72. The molecule has 6 atom stereocenters. The Balaban J connectivity index is 1.82. The maximum atomic E-state index is 12.4. The van der Waals surface area contributed by atoms with Gasteiger partial charge < -0.3 is 25.2 Å². The molecule has 0 radical (unpaired) electrons. The Morgan fingerprint density at radius 3 is 1.69 bits per heavy atom. The molecule has 1 unspecified atom stereocenters. The second-order valence-electron chi connectivity index (χ2n) is 9.66. The van der Waals surface area contributed by atoms with Crippen LogP contribution in [0.4, 0.5) is 0 Å². The van der Waals surface area contributed by atoms with Crippen molar-refractivity contribution in [3.63, 3.8) is 0 Å². The maximum absolute atomic E-state index is 12.4. The molecular weight excluding hydrogens is 476 g/mol. The molecule has 5 nitrogen and oxygen atoms in total. The number of rotatable bonds is 9. The molecule has 0 amide bonds. The molecule has 4 N–H and O–H groups in total. The molecule has 1 saturated heterocycles. The fourth-order valence-electron chi connectivity index (χ4n) is 5.37. The van der Waals surface area contributed by atoms with Crippen molar-refractivity contribution >= 4 is 11.6 Å². The topological polar surface area (TPSA) is 90.2 Å². The molecule has 4 rings (SSSR count). The van der Waals surface area contributed by atoms with Crippen LogP contribution in [0.1, 0.15) is 23.1 Å². The fourth-order valence-corrected chi connectivity index (χ4v) is 5.74. The average molecular weight is 509 g/mol. The largest absolute Gasteiger partial charge is 0.390 e. The summed E-state index contributed by atoms with van der Waals surface area (Å²) in [5.74, 6) is 0. The van der Waals surface area contributed by atoms with Crippen LogP contribution in [0, 0.1) is 0 Å². The molecule has 6 heteroatoms. The first-order valence-corrected chi connectivity index (χ1v) is 12.5. The number of halogens is 1. The lowest BCUT2D eigenvalue weighted by atomic mass is 9.60. The second-order valence-corrected chi connectivity index (χ2v) is 10.1. The molecule has 190 valence electrons. The minimum atomic E-state index is -2.21. The molecule has 3 aromatic rings. The molecule has 0 aliphatic carbocycles. The van der Waals surface area contributed by atoms with Crippen LogP contribution in [0.25, 0.3) is 0 Å². The van der Waals surface area contributed by atoms with Crippen molar-refractivity contribution in [1.29, 1.82) is 0 Å². The van der Waals surface area contributed by atoms with Crippen molar-refractivity contribution in [3.05, 3.63) is 120 Å². The van der Waals surface area contributed by atoms with E-state index in [0.29, 0.717) is 11.1 Å². The van der Waals surface area contributed by atoms with E-state index in [0.717, 1.165) is 5.56 Å². The summed E-state index contributed by atoms with van der Waals surface area (Å²) in [6.07, 6.45) is -1.27. The molecule has 0 aromatic heterocycles. The van der Waals surface area contributed by atoms with Gasteiger partial charge in [0.25, 0.3) is 0 Å². The molecule has 0 bridgehead atoms. The van der Waals surface area contributed by atoms with Gasteiger partial charge in [-0.2, -0.15) is 0 Å². The number of hydrogen-bond donors (Lipinski definition) is 4. The van der Waals surface area contributed by atoms with Crippen molar-refractivity contribution in [2.75, 3.05) is 0 Å². The van der Waals surface area contributed by atoms with E-state index in [1.165, 1.54) is 6.08 Å². The van der Waals surface area contributed by atoms with E-state index in [2.05, 4.69) is 6.58 Å². The first kappa shape index (κ1) is 26.6. The fraction of sp³-hybridized carbons (Fsp3) is 0.333. The Bertz CT molecular complexity index is 1130. The maximum Gasteiger partial charge on any atom is 0.163 e. The molecule has 36 heavy (non-hydrogen) atoms. The quantitative estimate of drug-likeness (QED) is 0.261. The van der Waals surface area contributed by atoms with Gasteiger partial charge in [0.15, 0.2) is 5.56 Å². The van der Waals surface area contributed by atoms with Crippen LogP contribution in [0.3, 0.4) is 0 Å². The second kappa shape index (κ2) is 10.9. The van der Waals surface area contributed by atoms with Crippen LogP contribution in [0.15, 0.2) is 104 Å². The van der Waals surface area contributed by atoms with Crippen LogP contribution in [-0.4, -0.2) is 55.0 Å². The normalized spacial score (nSPS) is 31.0. The van der Waals surface area contributed by atoms with Crippen molar-refractivity contribution < 1.29 is 25.2 Å². The Hall–Kier alpha value is -2.51. The number of ether oxygens (including phenoxy) is 1. The zero-order valence-corrected chi connectivity index (χ0v) is 20.8. The van der Waals surface area contributed by atoms with E-state index < -0.39 is 34.6 Å². The van der Waals surface area contributed by atoms with Crippen molar-refractivity contribution in [2.45, 2.75) is 60.3 Å². The lowest BCUT2D eigenvalue weighted by Crippen LogP contribution is -2.81. The third-order valence-electron chi connectivity index (χ3n) is 7.25. The van der Waals surface area contributed by atoms with E-state index in [4.69, 9.17) is 16.3 Å². The highest BCUT2D eigenvalue weighted by Crippen LogP contribution is 2.51. The predicted octanol–water partition coefficient (Wildman–Crippen LogP) is 3.81. The van der Waals surface area contributed by atoms with Gasteiger partial charge in [0.05, 0.1) is 6.10 Å². The van der Waals surface area contributed by atoms with Crippen LogP contribution in [0.5, 0.6) is 0 Å². The summed E-state index contributed by atoms with van der Waals surface area (Å²) in [5, 5.41) is 48.2. The number of alkyl halides is 1. The zero-order valence-electron chi connectivity index (χ0n) is 20.1. The van der Waals surface area contributed by atoms with E-state index in [9.17, 15) is 20.4 Å². The monoisotopic (exact) mass is 508 g/mol. The molecule has 1 heterocycles. The van der Waals surface area contributed by atoms with E-state index in [1.807, 2.05) is 91.0 Å². The van der Waals surface area contributed by atoms with Crippen molar-refractivity contribution in [2.24, 2.45) is 0 Å². The Morgan fingerprint density at radius 2 is 1.22 bits per heavy atom. The summed E-state index contributed by atoms with van der Waals surface area (Å²) < 4.78 is 6.06. The van der Waals surface area contributed by atoms with E-state index >= 15 is 0 Å². The number of hydrogen-bond acceptors (Lipinski definition) is 5. The number of aliphatic hydroxyl groups is 4. The van der Waals surface area contributed by atoms with Gasteiger partial charge in [-0.3, -0.25) is 0 Å². The zero-order chi connectivity index (χ0) is 25.8. The van der Waals surface area contributed by atoms with Gasteiger partial charge >= 0.3 is 0 Å². The molecule has 1 aliphatic rings. The van der Waals surface area contributed by atoms with Crippen LogP contribution >= 0.6 is 11.6 Å². The highest BCUT2D eigenvalue weighted by molar-refractivity contribution is 6.20.